The standard InChI is InChI=1S/C13H13BrN4OS/c14-11-3-1-2-8(15-11)6-18-5-4-10-9(7-18)12(19)17-13(20)16-10/h1-3H,4-7H2,(H2,16,17,19,20). The van der Waals surface area contributed by atoms with Crippen molar-refractivity contribution in [3.8, 4) is 0 Å². The van der Waals surface area contributed by atoms with Gasteiger partial charge in [-0.1, -0.05) is 6.07 Å². The van der Waals surface area contributed by atoms with Gasteiger partial charge in [-0.15, -0.1) is 0 Å². The van der Waals surface area contributed by atoms with Crippen molar-refractivity contribution < 1.29 is 0 Å². The van der Waals surface area contributed by atoms with E-state index in [4.69, 9.17) is 12.2 Å². The van der Waals surface area contributed by atoms with E-state index in [-0.39, 0.29) is 5.56 Å². The molecule has 0 saturated heterocycles. The molecule has 0 aromatic carbocycles. The quantitative estimate of drug-likeness (QED) is 0.642. The zero-order chi connectivity index (χ0) is 14.1. The molecule has 0 radical (unpaired) electrons. The number of hydrogen-bond acceptors (Lipinski definition) is 4. The van der Waals surface area contributed by atoms with Crippen LogP contribution in [0.3, 0.4) is 0 Å². The van der Waals surface area contributed by atoms with Crippen LogP contribution in [-0.4, -0.2) is 26.4 Å². The van der Waals surface area contributed by atoms with Crippen molar-refractivity contribution in [2.45, 2.75) is 19.5 Å². The first-order valence-corrected chi connectivity index (χ1v) is 7.50. The Balaban J connectivity index is 1.82. The second-order valence-electron chi connectivity index (χ2n) is 4.78. The molecule has 0 bridgehead atoms. The lowest BCUT2D eigenvalue weighted by Crippen LogP contribution is -2.35. The summed E-state index contributed by atoms with van der Waals surface area (Å²) in [7, 11) is 0. The predicted octanol–water partition coefficient (Wildman–Crippen LogP) is 2.15. The largest absolute Gasteiger partial charge is 0.335 e. The summed E-state index contributed by atoms with van der Waals surface area (Å²) in [6.45, 7) is 2.23. The molecule has 2 aromatic heterocycles. The van der Waals surface area contributed by atoms with E-state index in [0.29, 0.717) is 11.3 Å². The van der Waals surface area contributed by atoms with Gasteiger partial charge in [0, 0.05) is 31.7 Å². The fraction of sp³-hybridized carbons (Fsp3) is 0.308. The van der Waals surface area contributed by atoms with E-state index in [2.05, 4.69) is 35.8 Å². The molecule has 0 fully saturated rings. The Morgan fingerprint density at radius 2 is 2.25 bits per heavy atom. The lowest BCUT2D eigenvalue weighted by molar-refractivity contribution is 0.238. The van der Waals surface area contributed by atoms with E-state index in [1.165, 1.54) is 0 Å². The summed E-state index contributed by atoms with van der Waals surface area (Å²) >= 11 is 8.36. The summed E-state index contributed by atoms with van der Waals surface area (Å²) in [5.74, 6) is 0. The van der Waals surface area contributed by atoms with Gasteiger partial charge in [0.15, 0.2) is 4.77 Å². The molecule has 3 heterocycles. The van der Waals surface area contributed by atoms with Crippen LogP contribution < -0.4 is 5.56 Å². The Hall–Kier alpha value is -1.31. The third kappa shape index (κ3) is 2.89. The first-order chi connectivity index (χ1) is 9.61. The van der Waals surface area contributed by atoms with Gasteiger partial charge < -0.3 is 4.98 Å². The van der Waals surface area contributed by atoms with E-state index in [0.717, 1.165) is 41.1 Å². The molecule has 2 aromatic rings. The van der Waals surface area contributed by atoms with Crippen molar-refractivity contribution in [2.24, 2.45) is 0 Å². The smallest absolute Gasteiger partial charge is 0.256 e. The molecule has 7 heteroatoms. The molecule has 1 aliphatic heterocycles. The Kier molecular flexibility index (Phi) is 3.82. The summed E-state index contributed by atoms with van der Waals surface area (Å²) in [5.41, 5.74) is 2.64. The molecule has 0 spiro atoms. The molecule has 2 N–H and O–H groups in total. The summed E-state index contributed by atoms with van der Waals surface area (Å²) in [5, 5.41) is 0. The number of hydrogen-bond donors (Lipinski definition) is 2. The Labute approximate surface area is 129 Å². The number of rotatable bonds is 2. The van der Waals surface area contributed by atoms with Crippen molar-refractivity contribution in [3.05, 3.63) is 54.9 Å². The second-order valence-corrected chi connectivity index (χ2v) is 6.00. The molecular formula is C13H13BrN4OS. The number of nitrogens with one attached hydrogen (secondary N) is 2. The maximum absolute atomic E-state index is 11.9. The van der Waals surface area contributed by atoms with Gasteiger partial charge in [0.2, 0.25) is 0 Å². The number of fused-ring (bicyclic) bond motifs is 1. The molecule has 0 atom stereocenters. The highest BCUT2D eigenvalue weighted by Crippen LogP contribution is 2.16. The van der Waals surface area contributed by atoms with Gasteiger partial charge in [0.05, 0.1) is 11.3 Å². The van der Waals surface area contributed by atoms with Crippen LogP contribution >= 0.6 is 28.1 Å². The van der Waals surface area contributed by atoms with Crippen LogP contribution in [0.25, 0.3) is 0 Å². The van der Waals surface area contributed by atoms with Crippen LogP contribution in [0.1, 0.15) is 17.0 Å². The number of aromatic amines is 2. The van der Waals surface area contributed by atoms with E-state index in [1.807, 2.05) is 18.2 Å². The highest BCUT2D eigenvalue weighted by molar-refractivity contribution is 9.10. The molecule has 20 heavy (non-hydrogen) atoms. The number of nitrogens with zero attached hydrogens (tertiary/aromatic N) is 2. The van der Waals surface area contributed by atoms with Crippen LogP contribution in [0.15, 0.2) is 27.6 Å². The van der Waals surface area contributed by atoms with Gasteiger partial charge in [-0.25, -0.2) is 4.98 Å². The van der Waals surface area contributed by atoms with Crippen LogP contribution in [0, 0.1) is 4.77 Å². The van der Waals surface area contributed by atoms with Crippen molar-refractivity contribution in [1.82, 2.24) is 19.9 Å². The molecule has 5 nitrogen and oxygen atoms in total. The Morgan fingerprint density at radius 1 is 1.40 bits per heavy atom. The summed E-state index contributed by atoms with van der Waals surface area (Å²) in [6, 6.07) is 5.86. The van der Waals surface area contributed by atoms with E-state index in [9.17, 15) is 4.79 Å². The van der Waals surface area contributed by atoms with E-state index < -0.39 is 0 Å². The molecular weight excluding hydrogens is 340 g/mol. The Bertz CT molecular complexity index is 755. The summed E-state index contributed by atoms with van der Waals surface area (Å²) < 4.78 is 1.23. The van der Waals surface area contributed by atoms with Crippen LogP contribution in [0.4, 0.5) is 0 Å². The monoisotopic (exact) mass is 352 g/mol. The zero-order valence-corrected chi connectivity index (χ0v) is 13.1. The maximum atomic E-state index is 11.9. The minimum Gasteiger partial charge on any atom is -0.335 e. The van der Waals surface area contributed by atoms with Gasteiger partial charge in [-0.3, -0.25) is 14.7 Å². The highest BCUT2D eigenvalue weighted by atomic mass is 79.9. The summed E-state index contributed by atoms with van der Waals surface area (Å²) in [6.07, 6.45) is 0.802. The fourth-order valence-electron chi connectivity index (χ4n) is 2.41. The van der Waals surface area contributed by atoms with E-state index >= 15 is 0 Å². The molecule has 104 valence electrons. The number of pyridine rings is 1. The average Bonchev–Trinajstić information content (AvgIpc) is 2.39. The molecule has 0 saturated carbocycles. The van der Waals surface area contributed by atoms with Crippen molar-refractivity contribution in [2.75, 3.05) is 6.54 Å². The lowest BCUT2D eigenvalue weighted by Gasteiger charge is -2.27. The predicted molar refractivity (Wildman–Crippen MR) is 82.0 cm³/mol. The summed E-state index contributed by atoms with van der Waals surface area (Å²) in [4.78, 5) is 24.3. The number of halogens is 1. The highest BCUT2D eigenvalue weighted by Gasteiger charge is 2.19. The Morgan fingerprint density at radius 3 is 3.05 bits per heavy atom. The van der Waals surface area contributed by atoms with E-state index in [1.54, 1.807) is 0 Å². The first kappa shape index (κ1) is 13.7. The van der Waals surface area contributed by atoms with Crippen molar-refractivity contribution in [1.29, 1.82) is 0 Å². The van der Waals surface area contributed by atoms with Crippen molar-refractivity contribution in [3.63, 3.8) is 0 Å². The molecule has 0 unspecified atom stereocenters. The fourth-order valence-corrected chi connectivity index (χ4v) is 3.01. The molecule has 3 rings (SSSR count). The topological polar surface area (TPSA) is 64.8 Å². The second kappa shape index (κ2) is 5.59. The van der Waals surface area contributed by atoms with Crippen molar-refractivity contribution >= 4 is 28.1 Å². The lowest BCUT2D eigenvalue weighted by atomic mass is 10.1. The minimum absolute atomic E-state index is 0.0874. The minimum atomic E-state index is -0.0874. The average molecular weight is 353 g/mol. The van der Waals surface area contributed by atoms with Gasteiger partial charge in [-0.2, -0.15) is 0 Å². The number of aromatic nitrogens is 3. The van der Waals surface area contributed by atoms with Gasteiger partial charge in [0.1, 0.15) is 4.60 Å². The third-order valence-corrected chi connectivity index (χ3v) is 3.99. The van der Waals surface area contributed by atoms with Gasteiger partial charge in [0.25, 0.3) is 5.56 Å². The van der Waals surface area contributed by atoms with Gasteiger partial charge in [-0.05, 0) is 40.3 Å². The number of H-pyrrole nitrogens is 2. The van der Waals surface area contributed by atoms with Gasteiger partial charge >= 0.3 is 0 Å². The van der Waals surface area contributed by atoms with Crippen LogP contribution in [-0.2, 0) is 19.5 Å². The third-order valence-electron chi connectivity index (χ3n) is 3.35. The SMILES string of the molecule is O=c1[nH]c(=S)[nH]c2c1CN(Cc1cccc(Br)n1)CC2. The van der Waals surface area contributed by atoms with Crippen LogP contribution in [0.5, 0.6) is 0 Å². The molecule has 0 amide bonds. The first-order valence-electron chi connectivity index (χ1n) is 6.30. The van der Waals surface area contributed by atoms with Crippen LogP contribution in [0.2, 0.25) is 0 Å². The normalized spacial score (nSPS) is 15.1. The zero-order valence-electron chi connectivity index (χ0n) is 10.6. The molecule has 0 aliphatic carbocycles. The maximum Gasteiger partial charge on any atom is 0.256 e. The molecule has 1 aliphatic rings.